The predicted octanol–water partition coefficient (Wildman–Crippen LogP) is 1.15. The monoisotopic (exact) mass is 195 g/mol. The van der Waals surface area contributed by atoms with Crippen LogP contribution in [0.2, 0.25) is 0 Å². The second-order valence-corrected chi connectivity index (χ2v) is 2.65. The molecular formula is C9H9NO4. The molecule has 14 heavy (non-hydrogen) atoms. The van der Waals surface area contributed by atoms with Crippen LogP contribution in [0.3, 0.4) is 0 Å². The first-order valence-corrected chi connectivity index (χ1v) is 3.82. The Balaban J connectivity index is 3.13. The highest BCUT2D eigenvalue weighted by atomic mass is 16.5. The van der Waals surface area contributed by atoms with Crippen molar-refractivity contribution in [2.45, 2.75) is 6.92 Å². The van der Waals surface area contributed by atoms with Gasteiger partial charge in [-0.05, 0) is 19.1 Å². The van der Waals surface area contributed by atoms with E-state index in [-0.39, 0.29) is 11.3 Å². The Morgan fingerprint density at radius 1 is 1.43 bits per heavy atom. The minimum Gasteiger partial charge on any atom is -0.478 e. The van der Waals surface area contributed by atoms with E-state index in [1.54, 1.807) is 6.92 Å². The van der Waals surface area contributed by atoms with Gasteiger partial charge in [0, 0.05) is 5.56 Å². The molecule has 0 aliphatic carbocycles. The molecular weight excluding hydrogens is 186 g/mol. The molecule has 0 heterocycles. The van der Waals surface area contributed by atoms with Crippen LogP contribution in [0.25, 0.3) is 0 Å². The molecule has 0 aliphatic heterocycles. The van der Waals surface area contributed by atoms with Gasteiger partial charge < -0.3 is 15.6 Å². The summed E-state index contributed by atoms with van der Waals surface area (Å²) in [6, 6.07) is 4.38. The average molecular weight is 195 g/mol. The Morgan fingerprint density at radius 3 is 2.57 bits per heavy atom. The second-order valence-electron chi connectivity index (χ2n) is 2.65. The molecule has 0 spiro atoms. The van der Waals surface area contributed by atoms with Gasteiger partial charge in [-0.2, -0.15) is 0 Å². The number of amides is 1. The van der Waals surface area contributed by atoms with Gasteiger partial charge in [0.25, 0.3) is 0 Å². The Bertz CT molecular complexity index is 386. The van der Waals surface area contributed by atoms with Crippen LogP contribution in [-0.4, -0.2) is 17.2 Å². The zero-order chi connectivity index (χ0) is 10.7. The number of nitrogens with two attached hydrogens (primary N) is 1. The van der Waals surface area contributed by atoms with Gasteiger partial charge in [0.05, 0.1) is 5.56 Å². The van der Waals surface area contributed by atoms with E-state index in [0.29, 0.717) is 5.56 Å². The number of carbonyl (C=O) groups is 2. The Kier molecular flexibility index (Phi) is 2.71. The molecule has 0 bridgehead atoms. The lowest BCUT2D eigenvalue weighted by Crippen LogP contribution is -2.17. The minimum absolute atomic E-state index is 0.0868. The molecule has 0 atom stereocenters. The fourth-order valence-corrected chi connectivity index (χ4v) is 1.07. The molecule has 0 radical (unpaired) electrons. The minimum atomic E-state index is -1.07. The normalized spacial score (nSPS) is 9.50. The Hall–Kier alpha value is -2.04. The van der Waals surface area contributed by atoms with E-state index in [1.807, 2.05) is 0 Å². The van der Waals surface area contributed by atoms with Crippen LogP contribution in [0.1, 0.15) is 15.9 Å². The molecule has 0 unspecified atom stereocenters. The summed E-state index contributed by atoms with van der Waals surface area (Å²) in [4.78, 5) is 21.1. The van der Waals surface area contributed by atoms with E-state index < -0.39 is 12.1 Å². The highest BCUT2D eigenvalue weighted by molar-refractivity contribution is 5.90. The first kappa shape index (κ1) is 10.0. The number of carbonyl (C=O) groups excluding carboxylic acids is 1. The number of hydrogen-bond donors (Lipinski definition) is 2. The van der Waals surface area contributed by atoms with Crippen molar-refractivity contribution < 1.29 is 19.4 Å². The Morgan fingerprint density at radius 2 is 2.07 bits per heavy atom. The molecule has 5 heteroatoms. The summed E-state index contributed by atoms with van der Waals surface area (Å²) in [7, 11) is 0. The van der Waals surface area contributed by atoms with Crippen LogP contribution in [0, 0.1) is 6.92 Å². The fraction of sp³-hybridized carbons (Fsp3) is 0.111. The number of carboxylic acid groups (broad SMARTS) is 1. The molecule has 1 aromatic rings. The van der Waals surface area contributed by atoms with Crippen molar-refractivity contribution in [2.24, 2.45) is 5.73 Å². The molecule has 1 amide bonds. The number of carboxylic acids is 1. The maximum absolute atomic E-state index is 10.7. The molecule has 1 aromatic carbocycles. The van der Waals surface area contributed by atoms with Crippen molar-refractivity contribution in [1.29, 1.82) is 0 Å². The number of hydrogen-bond acceptors (Lipinski definition) is 3. The molecule has 5 nitrogen and oxygen atoms in total. The topological polar surface area (TPSA) is 89.6 Å². The number of benzene rings is 1. The summed E-state index contributed by atoms with van der Waals surface area (Å²) in [5.74, 6) is -0.908. The van der Waals surface area contributed by atoms with Crippen LogP contribution in [-0.2, 0) is 0 Å². The smallest absolute Gasteiger partial charge is 0.409 e. The highest BCUT2D eigenvalue weighted by Crippen LogP contribution is 2.21. The number of primary amides is 1. The van der Waals surface area contributed by atoms with E-state index in [0.717, 1.165) is 0 Å². The van der Waals surface area contributed by atoms with Crippen LogP contribution in [0.15, 0.2) is 18.2 Å². The molecule has 0 aromatic heterocycles. The largest absolute Gasteiger partial charge is 0.478 e. The van der Waals surface area contributed by atoms with Gasteiger partial charge in [-0.15, -0.1) is 0 Å². The van der Waals surface area contributed by atoms with Crippen molar-refractivity contribution in [3.8, 4) is 5.75 Å². The van der Waals surface area contributed by atoms with Gasteiger partial charge in [-0.1, -0.05) is 6.07 Å². The first-order valence-electron chi connectivity index (χ1n) is 3.82. The van der Waals surface area contributed by atoms with Crippen molar-refractivity contribution >= 4 is 12.1 Å². The summed E-state index contributed by atoms with van der Waals surface area (Å²) < 4.78 is 4.61. The Labute approximate surface area is 80.1 Å². The van der Waals surface area contributed by atoms with E-state index >= 15 is 0 Å². The predicted molar refractivity (Wildman–Crippen MR) is 48.3 cm³/mol. The summed E-state index contributed by atoms with van der Waals surface area (Å²) >= 11 is 0. The lowest BCUT2D eigenvalue weighted by atomic mass is 10.1. The molecule has 0 aliphatic rings. The second kappa shape index (κ2) is 3.78. The third-order valence-corrected chi connectivity index (χ3v) is 1.73. The van der Waals surface area contributed by atoms with Gasteiger partial charge in [-0.3, -0.25) is 0 Å². The van der Waals surface area contributed by atoms with Gasteiger partial charge in [0.2, 0.25) is 0 Å². The summed E-state index contributed by atoms with van der Waals surface area (Å²) in [5, 5.41) is 8.75. The van der Waals surface area contributed by atoms with Crippen LogP contribution in [0.5, 0.6) is 5.75 Å². The molecule has 0 saturated carbocycles. The van der Waals surface area contributed by atoms with Gasteiger partial charge in [0.1, 0.15) is 5.75 Å². The van der Waals surface area contributed by atoms with E-state index in [2.05, 4.69) is 4.74 Å². The third-order valence-electron chi connectivity index (χ3n) is 1.73. The van der Waals surface area contributed by atoms with E-state index in [1.165, 1.54) is 18.2 Å². The van der Waals surface area contributed by atoms with Gasteiger partial charge >= 0.3 is 12.1 Å². The average Bonchev–Trinajstić information content (AvgIpc) is 2.07. The fourth-order valence-electron chi connectivity index (χ4n) is 1.07. The number of rotatable bonds is 2. The van der Waals surface area contributed by atoms with Crippen molar-refractivity contribution in [3.05, 3.63) is 29.3 Å². The van der Waals surface area contributed by atoms with Crippen molar-refractivity contribution in [1.82, 2.24) is 0 Å². The quantitative estimate of drug-likeness (QED) is 0.740. The van der Waals surface area contributed by atoms with Crippen LogP contribution >= 0.6 is 0 Å². The first-order chi connectivity index (χ1) is 6.52. The maximum Gasteiger partial charge on any atom is 0.409 e. The third kappa shape index (κ3) is 2.01. The SMILES string of the molecule is Cc1c(OC(N)=O)cccc1C(=O)O. The van der Waals surface area contributed by atoms with Crippen molar-refractivity contribution in [2.75, 3.05) is 0 Å². The lowest BCUT2D eigenvalue weighted by Gasteiger charge is -2.06. The maximum atomic E-state index is 10.7. The molecule has 74 valence electrons. The highest BCUT2D eigenvalue weighted by Gasteiger charge is 2.11. The molecule has 0 saturated heterocycles. The molecule has 3 N–H and O–H groups in total. The summed E-state index contributed by atoms with van der Waals surface area (Å²) in [5.41, 5.74) is 5.27. The van der Waals surface area contributed by atoms with E-state index in [9.17, 15) is 9.59 Å². The van der Waals surface area contributed by atoms with E-state index in [4.69, 9.17) is 10.8 Å². The molecule has 0 fully saturated rings. The van der Waals surface area contributed by atoms with Crippen LogP contribution in [0.4, 0.5) is 4.79 Å². The summed E-state index contributed by atoms with van der Waals surface area (Å²) in [6.07, 6.45) is -0.962. The zero-order valence-corrected chi connectivity index (χ0v) is 7.48. The van der Waals surface area contributed by atoms with Crippen molar-refractivity contribution in [3.63, 3.8) is 0 Å². The standard InChI is InChI=1S/C9H9NO4/c1-5-6(8(11)12)3-2-4-7(5)14-9(10)13/h2-4H,1H3,(H2,10,13)(H,11,12). The molecule has 1 rings (SSSR count). The number of ether oxygens (including phenoxy) is 1. The van der Waals surface area contributed by atoms with Crippen LogP contribution < -0.4 is 10.5 Å². The number of aromatic carboxylic acids is 1. The van der Waals surface area contributed by atoms with Gasteiger partial charge in [0.15, 0.2) is 0 Å². The lowest BCUT2D eigenvalue weighted by molar-refractivity contribution is 0.0695. The zero-order valence-electron chi connectivity index (χ0n) is 7.48. The summed E-state index contributed by atoms with van der Waals surface area (Å²) in [6.45, 7) is 1.54. The van der Waals surface area contributed by atoms with Gasteiger partial charge in [-0.25, -0.2) is 9.59 Å².